The monoisotopic (exact) mass is 238 g/mol. The second kappa shape index (κ2) is 8.38. The first-order valence-corrected chi connectivity index (χ1v) is 6.21. The molecular formula is C9H19ClN2OS. The van der Waals surface area contributed by atoms with Gasteiger partial charge < -0.3 is 10.6 Å². The second-order valence-corrected chi connectivity index (χ2v) is 4.23. The Hall–Kier alpha value is 0.0700. The maximum Gasteiger partial charge on any atom is 0.229 e. The predicted molar refractivity (Wildman–Crippen MR) is 64.3 cm³/mol. The topological polar surface area (TPSA) is 41.1 Å². The van der Waals surface area contributed by atoms with Crippen LogP contribution in [0.2, 0.25) is 0 Å². The van der Waals surface area contributed by atoms with Crippen molar-refractivity contribution in [3.63, 3.8) is 0 Å². The smallest absolute Gasteiger partial charge is 0.229 e. The van der Waals surface area contributed by atoms with Gasteiger partial charge in [0.05, 0.1) is 5.75 Å². The molecule has 1 fully saturated rings. The van der Waals surface area contributed by atoms with E-state index < -0.39 is 0 Å². The zero-order chi connectivity index (χ0) is 9.52. The number of carbonyl (C=O) groups excluding carboxylic acids is 1. The first-order valence-electron chi connectivity index (χ1n) is 4.82. The van der Waals surface area contributed by atoms with Gasteiger partial charge in [-0.25, -0.2) is 0 Å². The third-order valence-corrected chi connectivity index (χ3v) is 2.80. The van der Waals surface area contributed by atoms with E-state index in [9.17, 15) is 4.79 Å². The summed E-state index contributed by atoms with van der Waals surface area (Å²) in [4.78, 5) is 11.1. The number of amides is 1. The molecule has 1 aliphatic rings. The molecule has 1 atom stereocenters. The van der Waals surface area contributed by atoms with Crippen LogP contribution in [-0.4, -0.2) is 37.0 Å². The van der Waals surface area contributed by atoms with Gasteiger partial charge in [0.15, 0.2) is 0 Å². The molecule has 5 heteroatoms. The highest BCUT2D eigenvalue weighted by Gasteiger charge is 2.13. The number of hydrogen-bond donors (Lipinski definition) is 2. The van der Waals surface area contributed by atoms with Crippen LogP contribution in [0.5, 0.6) is 0 Å². The molecule has 3 nitrogen and oxygen atoms in total. The Morgan fingerprint density at radius 2 is 2.43 bits per heavy atom. The molecule has 0 aliphatic carbocycles. The Morgan fingerprint density at radius 3 is 3.00 bits per heavy atom. The quantitative estimate of drug-likeness (QED) is 0.752. The minimum atomic E-state index is 0. The van der Waals surface area contributed by atoms with Crippen LogP contribution in [0, 0.1) is 0 Å². The van der Waals surface area contributed by atoms with Crippen molar-refractivity contribution in [1.82, 2.24) is 10.6 Å². The fourth-order valence-electron chi connectivity index (χ4n) is 1.57. The molecule has 0 aromatic heterocycles. The van der Waals surface area contributed by atoms with E-state index in [0.717, 1.165) is 19.5 Å². The van der Waals surface area contributed by atoms with Crippen LogP contribution in [0.15, 0.2) is 0 Å². The van der Waals surface area contributed by atoms with E-state index in [0.29, 0.717) is 11.8 Å². The highest BCUT2D eigenvalue weighted by atomic mass is 35.5. The lowest BCUT2D eigenvalue weighted by Crippen LogP contribution is -2.31. The Morgan fingerprint density at radius 1 is 1.64 bits per heavy atom. The lowest BCUT2D eigenvalue weighted by molar-refractivity contribution is -0.118. The summed E-state index contributed by atoms with van der Waals surface area (Å²) in [6.07, 6.45) is 5.56. The van der Waals surface area contributed by atoms with Crippen LogP contribution in [0.4, 0.5) is 0 Å². The van der Waals surface area contributed by atoms with Gasteiger partial charge in [0.2, 0.25) is 5.91 Å². The molecule has 1 aliphatic heterocycles. The van der Waals surface area contributed by atoms with Crippen LogP contribution in [0.1, 0.15) is 19.3 Å². The summed E-state index contributed by atoms with van der Waals surface area (Å²) < 4.78 is 0. The number of hydrogen-bond acceptors (Lipinski definition) is 3. The summed E-state index contributed by atoms with van der Waals surface area (Å²) in [5.74, 6) is 0.739. The molecule has 0 unspecified atom stereocenters. The molecule has 14 heavy (non-hydrogen) atoms. The predicted octanol–water partition coefficient (Wildman–Crippen LogP) is 1.03. The van der Waals surface area contributed by atoms with Gasteiger partial charge in [0.1, 0.15) is 0 Å². The molecule has 1 saturated heterocycles. The molecule has 0 aromatic carbocycles. The molecule has 2 N–H and O–H groups in total. The number of nitrogens with one attached hydrogen (secondary N) is 2. The molecule has 1 amide bonds. The molecule has 0 saturated carbocycles. The summed E-state index contributed by atoms with van der Waals surface area (Å²) in [7, 11) is 0. The van der Waals surface area contributed by atoms with Crippen LogP contribution in [0.3, 0.4) is 0 Å². The molecular weight excluding hydrogens is 220 g/mol. The Balaban J connectivity index is 0.00000169. The van der Waals surface area contributed by atoms with Crippen LogP contribution in [-0.2, 0) is 4.79 Å². The van der Waals surface area contributed by atoms with E-state index in [2.05, 4.69) is 10.6 Å². The van der Waals surface area contributed by atoms with Gasteiger partial charge in [0, 0.05) is 12.6 Å². The van der Waals surface area contributed by atoms with E-state index in [1.165, 1.54) is 12.8 Å². The Bertz CT molecular complexity index is 163. The molecule has 0 bridgehead atoms. The van der Waals surface area contributed by atoms with Gasteiger partial charge in [-0.1, -0.05) is 0 Å². The summed E-state index contributed by atoms with van der Waals surface area (Å²) in [5.41, 5.74) is 0. The van der Waals surface area contributed by atoms with Crippen molar-refractivity contribution in [2.75, 3.05) is 25.1 Å². The lowest BCUT2D eigenvalue weighted by atomic mass is 10.1. The fraction of sp³-hybridized carbons (Fsp3) is 0.889. The summed E-state index contributed by atoms with van der Waals surface area (Å²) in [5, 5.41) is 6.32. The molecule has 0 spiro atoms. The average Bonchev–Trinajstić information content (AvgIpc) is 2.57. The fourth-order valence-corrected chi connectivity index (χ4v) is 1.94. The van der Waals surface area contributed by atoms with E-state index >= 15 is 0 Å². The minimum Gasteiger partial charge on any atom is -0.355 e. The molecule has 1 rings (SSSR count). The standard InChI is InChI=1S/C9H18N2OS.ClH/c1-13-7-9(12)11-6-4-8-3-2-5-10-8;/h8,10H,2-7H2,1H3,(H,11,12);1H/t8-;/m1./s1. The highest BCUT2D eigenvalue weighted by Crippen LogP contribution is 2.07. The van der Waals surface area contributed by atoms with Gasteiger partial charge in [-0.05, 0) is 32.1 Å². The third kappa shape index (κ3) is 5.73. The highest BCUT2D eigenvalue weighted by molar-refractivity contribution is 7.99. The SMILES string of the molecule is CSCC(=O)NCC[C@H]1CCCN1.Cl. The van der Waals surface area contributed by atoms with Gasteiger partial charge >= 0.3 is 0 Å². The molecule has 0 radical (unpaired) electrons. The second-order valence-electron chi connectivity index (χ2n) is 3.36. The largest absolute Gasteiger partial charge is 0.355 e. The van der Waals surface area contributed by atoms with Crippen molar-refractivity contribution in [2.24, 2.45) is 0 Å². The van der Waals surface area contributed by atoms with Crippen molar-refractivity contribution in [3.05, 3.63) is 0 Å². The Labute approximate surface area is 96.2 Å². The maximum absolute atomic E-state index is 11.1. The van der Waals surface area contributed by atoms with Crippen molar-refractivity contribution >= 4 is 30.1 Å². The number of carbonyl (C=O) groups is 1. The zero-order valence-electron chi connectivity index (χ0n) is 8.54. The first-order chi connectivity index (χ1) is 6.33. The number of rotatable bonds is 5. The lowest BCUT2D eigenvalue weighted by Gasteiger charge is -2.10. The van der Waals surface area contributed by atoms with Crippen LogP contribution >= 0.6 is 24.2 Å². The van der Waals surface area contributed by atoms with Gasteiger partial charge in [0.25, 0.3) is 0 Å². The van der Waals surface area contributed by atoms with E-state index in [4.69, 9.17) is 0 Å². The Kier molecular flexibility index (Phi) is 8.43. The first kappa shape index (κ1) is 14.1. The number of halogens is 1. The van der Waals surface area contributed by atoms with Crippen LogP contribution in [0.25, 0.3) is 0 Å². The number of thioether (sulfide) groups is 1. The zero-order valence-corrected chi connectivity index (χ0v) is 10.2. The minimum absolute atomic E-state index is 0. The van der Waals surface area contributed by atoms with Crippen molar-refractivity contribution < 1.29 is 4.79 Å². The average molecular weight is 239 g/mol. The van der Waals surface area contributed by atoms with E-state index in [1.54, 1.807) is 11.8 Å². The normalized spacial score (nSPS) is 20.2. The third-order valence-electron chi connectivity index (χ3n) is 2.25. The maximum atomic E-state index is 11.1. The summed E-state index contributed by atoms with van der Waals surface area (Å²) >= 11 is 1.56. The van der Waals surface area contributed by atoms with Crippen LogP contribution < -0.4 is 10.6 Å². The van der Waals surface area contributed by atoms with Gasteiger partial charge in [-0.15, -0.1) is 12.4 Å². The summed E-state index contributed by atoms with van der Waals surface area (Å²) in [6.45, 7) is 1.96. The van der Waals surface area contributed by atoms with Crippen molar-refractivity contribution in [3.8, 4) is 0 Å². The van der Waals surface area contributed by atoms with E-state index in [1.807, 2.05) is 6.26 Å². The summed E-state index contributed by atoms with van der Waals surface area (Å²) in [6, 6.07) is 0.634. The van der Waals surface area contributed by atoms with Gasteiger partial charge in [-0.2, -0.15) is 11.8 Å². The van der Waals surface area contributed by atoms with Crippen molar-refractivity contribution in [1.29, 1.82) is 0 Å². The van der Waals surface area contributed by atoms with E-state index in [-0.39, 0.29) is 18.3 Å². The van der Waals surface area contributed by atoms with Crippen molar-refractivity contribution in [2.45, 2.75) is 25.3 Å². The molecule has 0 aromatic rings. The molecule has 84 valence electrons. The molecule has 1 heterocycles. The van der Waals surface area contributed by atoms with Gasteiger partial charge in [-0.3, -0.25) is 4.79 Å².